The average molecular weight is 292 g/mol. The number of aromatic nitrogens is 3. The fourth-order valence-corrected chi connectivity index (χ4v) is 3.55. The van der Waals surface area contributed by atoms with Gasteiger partial charge in [-0.3, -0.25) is 9.67 Å². The molecule has 1 aliphatic heterocycles. The first-order valence-electron chi connectivity index (χ1n) is 7.84. The van der Waals surface area contributed by atoms with Gasteiger partial charge in [-0.05, 0) is 31.9 Å². The molecule has 0 bridgehead atoms. The first kappa shape index (κ1) is 13.3. The normalized spacial score (nSPS) is 18.3. The Hall–Kier alpha value is -2.36. The summed E-state index contributed by atoms with van der Waals surface area (Å²) in [7, 11) is 2.01. The van der Waals surface area contributed by atoms with Gasteiger partial charge in [0, 0.05) is 42.1 Å². The molecule has 3 heterocycles. The summed E-state index contributed by atoms with van der Waals surface area (Å²) in [6.45, 7) is 3.25. The number of benzene rings is 1. The SMILES string of the molecule is Cc1c([C@H]2CCCN2c2ccnc3ccccc23)cnn1C. The number of rotatable bonds is 2. The second-order valence-electron chi connectivity index (χ2n) is 6.01. The van der Waals surface area contributed by atoms with Crippen molar-refractivity contribution in [1.29, 1.82) is 0 Å². The van der Waals surface area contributed by atoms with Crippen LogP contribution in [-0.4, -0.2) is 21.3 Å². The molecule has 112 valence electrons. The highest BCUT2D eigenvalue weighted by Crippen LogP contribution is 2.39. The molecule has 1 saturated heterocycles. The second-order valence-corrected chi connectivity index (χ2v) is 6.01. The molecular formula is C18H20N4. The molecule has 2 aromatic heterocycles. The fraction of sp³-hybridized carbons (Fsp3) is 0.333. The Morgan fingerprint density at radius 3 is 2.86 bits per heavy atom. The Bertz CT molecular complexity index is 816. The first-order valence-corrected chi connectivity index (χ1v) is 7.84. The Morgan fingerprint density at radius 2 is 2.05 bits per heavy atom. The van der Waals surface area contributed by atoms with Gasteiger partial charge in [-0.25, -0.2) is 0 Å². The van der Waals surface area contributed by atoms with Crippen LogP contribution in [0.15, 0.2) is 42.7 Å². The van der Waals surface area contributed by atoms with E-state index in [1.54, 1.807) is 0 Å². The van der Waals surface area contributed by atoms with Crippen molar-refractivity contribution in [3.05, 3.63) is 54.0 Å². The standard InChI is InChI=1S/C18H20N4/c1-13-15(12-20-21(13)2)17-8-5-11-22(17)18-9-10-19-16-7-4-3-6-14(16)18/h3-4,6-7,9-10,12,17H,5,8,11H2,1-2H3/t17-/m1/s1. The summed E-state index contributed by atoms with van der Waals surface area (Å²) in [5.41, 5.74) is 4.96. The van der Waals surface area contributed by atoms with Crippen molar-refractivity contribution in [3.8, 4) is 0 Å². The van der Waals surface area contributed by atoms with Gasteiger partial charge in [0.1, 0.15) is 0 Å². The van der Waals surface area contributed by atoms with Crippen LogP contribution >= 0.6 is 0 Å². The van der Waals surface area contributed by atoms with Crippen LogP contribution < -0.4 is 4.90 Å². The van der Waals surface area contributed by atoms with Crippen molar-refractivity contribution < 1.29 is 0 Å². The molecule has 0 spiro atoms. The van der Waals surface area contributed by atoms with Crippen LogP contribution in [0.25, 0.3) is 10.9 Å². The smallest absolute Gasteiger partial charge is 0.0722 e. The monoisotopic (exact) mass is 292 g/mol. The molecule has 0 aliphatic carbocycles. The molecule has 3 aromatic rings. The lowest BCUT2D eigenvalue weighted by Crippen LogP contribution is -2.23. The van der Waals surface area contributed by atoms with Gasteiger partial charge >= 0.3 is 0 Å². The van der Waals surface area contributed by atoms with Crippen LogP contribution in [0.1, 0.15) is 30.1 Å². The van der Waals surface area contributed by atoms with E-state index in [4.69, 9.17) is 0 Å². The molecule has 0 radical (unpaired) electrons. The van der Waals surface area contributed by atoms with Crippen molar-refractivity contribution in [3.63, 3.8) is 0 Å². The Labute approximate surface area is 130 Å². The third-order valence-corrected chi connectivity index (χ3v) is 4.82. The molecule has 4 rings (SSSR count). The van der Waals surface area contributed by atoms with Gasteiger partial charge in [-0.1, -0.05) is 18.2 Å². The lowest BCUT2D eigenvalue weighted by Gasteiger charge is -2.28. The second kappa shape index (κ2) is 5.13. The maximum absolute atomic E-state index is 4.49. The minimum atomic E-state index is 0.416. The molecule has 1 atom stereocenters. The minimum Gasteiger partial charge on any atom is -0.364 e. The molecule has 1 aromatic carbocycles. The third kappa shape index (κ3) is 1.98. The number of nitrogens with zero attached hydrogens (tertiary/aromatic N) is 4. The van der Waals surface area contributed by atoms with E-state index >= 15 is 0 Å². The predicted molar refractivity (Wildman–Crippen MR) is 89.0 cm³/mol. The Kier molecular flexibility index (Phi) is 3.10. The summed E-state index contributed by atoms with van der Waals surface area (Å²) in [6, 6.07) is 11.0. The van der Waals surface area contributed by atoms with Crippen LogP contribution in [0.5, 0.6) is 0 Å². The molecule has 1 aliphatic rings. The zero-order valence-electron chi connectivity index (χ0n) is 13.0. The summed E-state index contributed by atoms with van der Waals surface area (Å²) < 4.78 is 1.97. The number of fused-ring (bicyclic) bond motifs is 1. The van der Waals surface area contributed by atoms with Crippen molar-refractivity contribution in [2.45, 2.75) is 25.8 Å². The quantitative estimate of drug-likeness (QED) is 0.723. The summed E-state index contributed by atoms with van der Waals surface area (Å²) in [5, 5.41) is 5.66. The average Bonchev–Trinajstić information content (AvgIpc) is 3.14. The maximum atomic E-state index is 4.49. The summed E-state index contributed by atoms with van der Waals surface area (Å²) in [5.74, 6) is 0. The Morgan fingerprint density at radius 1 is 1.18 bits per heavy atom. The number of aryl methyl sites for hydroxylation is 1. The van der Waals surface area contributed by atoms with Crippen molar-refractivity contribution >= 4 is 16.6 Å². The van der Waals surface area contributed by atoms with Crippen LogP contribution in [-0.2, 0) is 7.05 Å². The molecule has 0 amide bonds. The van der Waals surface area contributed by atoms with Gasteiger partial charge < -0.3 is 4.90 Å². The molecule has 1 fully saturated rings. The van der Waals surface area contributed by atoms with Crippen LogP contribution in [0.4, 0.5) is 5.69 Å². The van der Waals surface area contributed by atoms with Gasteiger partial charge in [-0.2, -0.15) is 5.10 Å². The highest BCUT2D eigenvalue weighted by molar-refractivity contribution is 5.91. The topological polar surface area (TPSA) is 34.0 Å². The Balaban J connectivity index is 1.82. The van der Waals surface area contributed by atoms with E-state index in [1.165, 1.54) is 35.2 Å². The van der Waals surface area contributed by atoms with E-state index in [1.807, 2.05) is 30.2 Å². The van der Waals surface area contributed by atoms with Crippen LogP contribution in [0, 0.1) is 6.92 Å². The lowest BCUT2D eigenvalue weighted by atomic mass is 10.0. The molecule has 0 saturated carbocycles. The molecule has 22 heavy (non-hydrogen) atoms. The van der Waals surface area contributed by atoms with Gasteiger partial charge in [0.25, 0.3) is 0 Å². The van der Waals surface area contributed by atoms with Crippen molar-refractivity contribution in [1.82, 2.24) is 14.8 Å². The number of hydrogen-bond donors (Lipinski definition) is 0. The van der Waals surface area contributed by atoms with E-state index in [9.17, 15) is 0 Å². The molecule has 0 unspecified atom stereocenters. The number of hydrogen-bond acceptors (Lipinski definition) is 3. The van der Waals surface area contributed by atoms with Crippen molar-refractivity contribution in [2.24, 2.45) is 7.05 Å². The predicted octanol–water partition coefficient (Wildman–Crippen LogP) is 3.62. The molecular weight excluding hydrogens is 272 g/mol. The van der Waals surface area contributed by atoms with E-state index < -0.39 is 0 Å². The van der Waals surface area contributed by atoms with Gasteiger partial charge in [0.2, 0.25) is 0 Å². The summed E-state index contributed by atoms with van der Waals surface area (Å²) in [6.07, 6.45) is 6.35. The highest BCUT2D eigenvalue weighted by Gasteiger charge is 2.29. The zero-order valence-corrected chi connectivity index (χ0v) is 13.0. The number of para-hydroxylation sites is 1. The van der Waals surface area contributed by atoms with E-state index in [2.05, 4.69) is 46.2 Å². The van der Waals surface area contributed by atoms with E-state index in [0.29, 0.717) is 6.04 Å². The largest absolute Gasteiger partial charge is 0.364 e. The zero-order chi connectivity index (χ0) is 15.1. The van der Waals surface area contributed by atoms with E-state index in [-0.39, 0.29) is 0 Å². The lowest BCUT2D eigenvalue weighted by molar-refractivity contribution is 0.700. The van der Waals surface area contributed by atoms with E-state index in [0.717, 1.165) is 12.1 Å². The van der Waals surface area contributed by atoms with Crippen LogP contribution in [0.3, 0.4) is 0 Å². The highest BCUT2D eigenvalue weighted by atomic mass is 15.3. The number of anilines is 1. The maximum Gasteiger partial charge on any atom is 0.0722 e. The first-order chi connectivity index (χ1) is 10.8. The molecule has 4 nitrogen and oxygen atoms in total. The van der Waals surface area contributed by atoms with Crippen LogP contribution in [0.2, 0.25) is 0 Å². The number of pyridine rings is 1. The molecule has 4 heteroatoms. The molecule has 0 N–H and O–H groups in total. The summed E-state index contributed by atoms with van der Waals surface area (Å²) in [4.78, 5) is 7.01. The van der Waals surface area contributed by atoms with Gasteiger partial charge in [-0.15, -0.1) is 0 Å². The third-order valence-electron chi connectivity index (χ3n) is 4.82. The fourth-order valence-electron chi connectivity index (χ4n) is 3.55. The minimum absolute atomic E-state index is 0.416. The summed E-state index contributed by atoms with van der Waals surface area (Å²) >= 11 is 0. The van der Waals surface area contributed by atoms with Gasteiger partial charge in [0.15, 0.2) is 0 Å². The van der Waals surface area contributed by atoms with Gasteiger partial charge in [0.05, 0.1) is 17.8 Å². The van der Waals surface area contributed by atoms with Crippen molar-refractivity contribution in [2.75, 3.05) is 11.4 Å².